The van der Waals surface area contributed by atoms with Crippen molar-refractivity contribution in [2.75, 3.05) is 18.5 Å². The molecule has 6 nitrogen and oxygen atoms in total. The molecule has 0 unspecified atom stereocenters. The quantitative estimate of drug-likeness (QED) is 0.813. The molecule has 0 aliphatic heterocycles. The van der Waals surface area contributed by atoms with Gasteiger partial charge in [0.2, 0.25) is 5.88 Å². The van der Waals surface area contributed by atoms with E-state index in [1.807, 2.05) is 13.8 Å². The van der Waals surface area contributed by atoms with Crippen LogP contribution in [0.3, 0.4) is 0 Å². The lowest BCUT2D eigenvalue weighted by molar-refractivity contribution is 0.131. The fourth-order valence-electron chi connectivity index (χ4n) is 1.09. The molecule has 0 bridgehead atoms. The molecule has 94 valence electrons. The van der Waals surface area contributed by atoms with E-state index in [0.29, 0.717) is 11.6 Å². The highest BCUT2D eigenvalue weighted by molar-refractivity contribution is 5.86. The van der Waals surface area contributed by atoms with Gasteiger partial charge in [-0.25, -0.2) is 9.78 Å². The van der Waals surface area contributed by atoms with Crippen molar-refractivity contribution >= 4 is 11.8 Å². The number of hydrogen-bond donors (Lipinski definition) is 2. The second kappa shape index (κ2) is 6.70. The third-order valence-electron chi connectivity index (χ3n) is 1.68. The summed E-state index contributed by atoms with van der Waals surface area (Å²) in [5, 5.41) is 11.0. The second-order valence-electron chi connectivity index (χ2n) is 3.51. The minimum absolute atomic E-state index is 0.0427. The molecule has 0 aliphatic rings. The topological polar surface area (TPSA) is 80.7 Å². The van der Waals surface area contributed by atoms with Crippen LogP contribution in [-0.2, 0) is 4.74 Å². The molecular formula is C11H16N2O4. The number of carbonyl (C=O) groups excluding carboxylic acids is 1. The molecule has 0 atom stereocenters. The van der Waals surface area contributed by atoms with E-state index in [2.05, 4.69) is 15.0 Å². The predicted molar refractivity (Wildman–Crippen MR) is 62.1 cm³/mol. The summed E-state index contributed by atoms with van der Waals surface area (Å²) >= 11 is 0. The summed E-state index contributed by atoms with van der Waals surface area (Å²) in [6.07, 6.45) is 0.877. The first kappa shape index (κ1) is 13.2. The van der Waals surface area contributed by atoms with Crippen molar-refractivity contribution in [3.05, 3.63) is 18.3 Å². The number of carbonyl (C=O) groups is 1. The Morgan fingerprint density at radius 1 is 1.59 bits per heavy atom. The molecule has 0 saturated heterocycles. The third kappa shape index (κ3) is 4.69. The number of hydrogen-bond acceptors (Lipinski definition) is 5. The Morgan fingerprint density at radius 2 is 2.35 bits per heavy atom. The van der Waals surface area contributed by atoms with Crippen LogP contribution < -0.4 is 10.1 Å². The van der Waals surface area contributed by atoms with Crippen molar-refractivity contribution in [1.29, 1.82) is 0 Å². The normalized spacial score (nSPS) is 10.1. The van der Waals surface area contributed by atoms with Gasteiger partial charge >= 0.3 is 6.09 Å². The summed E-state index contributed by atoms with van der Waals surface area (Å²) in [7, 11) is 0. The van der Waals surface area contributed by atoms with Gasteiger partial charge in [0.15, 0.2) is 0 Å². The first-order chi connectivity index (χ1) is 8.13. The number of nitrogens with one attached hydrogen (secondary N) is 1. The zero-order valence-corrected chi connectivity index (χ0v) is 9.84. The van der Waals surface area contributed by atoms with Crippen LogP contribution in [0.5, 0.6) is 5.88 Å². The molecule has 17 heavy (non-hydrogen) atoms. The Kier molecular flexibility index (Phi) is 5.22. The first-order valence-electron chi connectivity index (χ1n) is 5.29. The van der Waals surface area contributed by atoms with E-state index < -0.39 is 6.09 Å². The van der Waals surface area contributed by atoms with Gasteiger partial charge in [0, 0.05) is 6.20 Å². The van der Waals surface area contributed by atoms with Crippen LogP contribution in [0.2, 0.25) is 0 Å². The molecule has 0 aromatic carbocycles. The summed E-state index contributed by atoms with van der Waals surface area (Å²) in [6.45, 7) is 3.47. The Balaban J connectivity index is 2.66. The van der Waals surface area contributed by atoms with Gasteiger partial charge in [0.1, 0.15) is 12.3 Å². The molecule has 1 aromatic heterocycles. The fraction of sp³-hybridized carbons (Fsp3) is 0.455. The van der Waals surface area contributed by atoms with Gasteiger partial charge < -0.3 is 14.6 Å². The van der Waals surface area contributed by atoms with E-state index in [1.165, 1.54) is 0 Å². The highest BCUT2D eigenvalue weighted by Crippen LogP contribution is 2.21. The lowest BCUT2D eigenvalue weighted by atomic mass is 10.4. The largest absolute Gasteiger partial charge is 0.473 e. The molecule has 6 heteroatoms. The van der Waals surface area contributed by atoms with E-state index in [0.717, 1.165) is 0 Å². The van der Waals surface area contributed by atoms with E-state index >= 15 is 0 Å². The van der Waals surface area contributed by atoms with Crippen molar-refractivity contribution < 1.29 is 19.4 Å². The van der Waals surface area contributed by atoms with Gasteiger partial charge in [-0.15, -0.1) is 0 Å². The Labute approximate surface area is 99.6 Å². The molecular weight excluding hydrogens is 224 g/mol. The van der Waals surface area contributed by atoms with E-state index in [1.54, 1.807) is 18.3 Å². The van der Waals surface area contributed by atoms with Crippen LogP contribution in [0.1, 0.15) is 13.8 Å². The summed E-state index contributed by atoms with van der Waals surface area (Å²) in [5.41, 5.74) is 0.434. The summed E-state index contributed by atoms with van der Waals surface area (Å²) < 4.78 is 10.1. The van der Waals surface area contributed by atoms with Crippen molar-refractivity contribution in [3.63, 3.8) is 0 Å². The number of anilines is 1. The van der Waals surface area contributed by atoms with Crippen LogP contribution in [0.25, 0.3) is 0 Å². The highest BCUT2D eigenvalue weighted by atomic mass is 16.6. The van der Waals surface area contributed by atoms with E-state index in [4.69, 9.17) is 9.84 Å². The number of amides is 1. The molecule has 1 aromatic rings. The van der Waals surface area contributed by atoms with Gasteiger partial charge in [0.25, 0.3) is 0 Å². The Morgan fingerprint density at radius 3 is 3.00 bits per heavy atom. The summed E-state index contributed by atoms with van der Waals surface area (Å²) in [5.74, 6) is 0.337. The molecule has 0 spiro atoms. The highest BCUT2D eigenvalue weighted by Gasteiger charge is 2.10. The zero-order valence-electron chi connectivity index (χ0n) is 9.84. The van der Waals surface area contributed by atoms with Gasteiger partial charge in [-0.1, -0.05) is 0 Å². The minimum Gasteiger partial charge on any atom is -0.473 e. The van der Waals surface area contributed by atoms with Crippen LogP contribution in [0.4, 0.5) is 10.5 Å². The molecule has 1 heterocycles. The maximum absolute atomic E-state index is 11.3. The van der Waals surface area contributed by atoms with E-state index in [9.17, 15) is 4.79 Å². The van der Waals surface area contributed by atoms with Crippen molar-refractivity contribution in [1.82, 2.24) is 4.98 Å². The second-order valence-corrected chi connectivity index (χ2v) is 3.51. The third-order valence-corrected chi connectivity index (χ3v) is 1.68. The van der Waals surface area contributed by atoms with Gasteiger partial charge in [0.05, 0.1) is 12.7 Å². The van der Waals surface area contributed by atoms with Crippen LogP contribution in [-0.4, -0.2) is 35.5 Å². The maximum atomic E-state index is 11.3. The number of aromatic nitrogens is 1. The molecule has 1 amide bonds. The lowest BCUT2D eigenvalue weighted by Crippen LogP contribution is -2.17. The number of pyridine rings is 1. The molecule has 0 saturated carbocycles. The minimum atomic E-state index is -0.652. The maximum Gasteiger partial charge on any atom is 0.411 e. The lowest BCUT2D eigenvalue weighted by Gasteiger charge is -2.13. The van der Waals surface area contributed by atoms with Crippen molar-refractivity contribution in [2.45, 2.75) is 20.0 Å². The monoisotopic (exact) mass is 240 g/mol. The predicted octanol–water partition coefficient (Wildman–Crippen LogP) is 1.41. The van der Waals surface area contributed by atoms with Gasteiger partial charge in [-0.05, 0) is 26.0 Å². The molecule has 2 N–H and O–H groups in total. The first-order valence-corrected chi connectivity index (χ1v) is 5.29. The van der Waals surface area contributed by atoms with Crippen LogP contribution in [0, 0.1) is 0 Å². The summed E-state index contributed by atoms with van der Waals surface area (Å²) in [4.78, 5) is 15.3. The average Bonchev–Trinajstić information content (AvgIpc) is 2.28. The zero-order chi connectivity index (χ0) is 12.7. The Bertz CT molecular complexity index is 368. The van der Waals surface area contributed by atoms with Crippen LogP contribution in [0.15, 0.2) is 18.3 Å². The van der Waals surface area contributed by atoms with Crippen LogP contribution >= 0.6 is 0 Å². The molecule has 0 radical (unpaired) electrons. The number of aliphatic hydroxyl groups is 1. The SMILES string of the molecule is CC(C)Oc1ncccc1NC(=O)OCCO. The molecule has 0 fully saturated rings. The molecule has 0 aliphatic carbocycles. The molecule has 1 rings (SSSR count). The van der Waals surface area contributed by atoms with Gasteiger partial charge in [-0.3, -0.25) is 5.32 Å². The Hall–Kier alpha value is -1.82. The van der Waals surface area contributed by atoms with E-state index in [-0.39, 0.29) is 19.3 Å². The van der Waals surface area contributed by atoms with Gasteiger partial charge in [-0.2, -0.15) is 0 Å². The van der Waals surface area contributed by atoms with Crippen molar-refractivity contribution in [3.8, 4) is 5.88 Å². The number of aliphatic hydroxyl groups excluding tert-OH is 1. The fourth-order valence-corrected chi connectivity index (χ4v) is 1.09. The average molecular weight is 240 g/mol. The number of rotatable bonds is 5. The summed E-state index contributed by atoms with van der Waals surface area (Å²) in [6, 6.07) is 3.33. The van der Waals surface area contributed by atoms with Crippen molar-refractivity contribution in [2.24, 2.45) is 0 Å². The smallest absolute Gasteiger partial charge is 0.411 e. The number of nitrogens with zero attached hydrogens (tertiary/aromatic N) is 1. The standard InChI is InChI=1S/C11H16N2O4/c1-8(2)17-10-9(4-3-5-12-10)13-11(15)16-7-6-14/h3-5,8,14H,6-7H2,1-2H3,(H,13,15). The number of ether oxygens (including phenoxy) is 2.